The van der Waals surface area contributed by atoms with E-state index in [1.54, 1.807) is 0 Å². The van der Waals surface area contributed by atoms with E-state index in [0.29, 0.717) is 0 Å². The Labute approximate surface area is 64.7 Å². The molecule has 1 heteroatoms. The fourth-order valence-electron chi connectivity index (χ4n) is 0.564. The average Bonchev–Trinajstić information content (AvgIpc) is 1.98. The lowest BCUT2D eigenvalue weighted by Gasteiger charge is -1.96. The SMILES string of the molecule is [B]C(=C/C)/C(C)=C\C=C/C. The summed E-state index contributed by atoms with van der Waals surface area (Å²) in [5.74, 6) is 0. The minimum atomic E-state index is 0.845. The second kappa shape index (κ2) is 5.10. The number of allylic oxidation sites excluding steroid dienone is 6. The lowest BCUT2D eigenvalue weighted by Crippen LogP contribution is -1.81. The summed E-state index contributed by atoms with van der Waals surface area (Å²) in [6.45, 7) is 5.91. The quantitative estimate of drug-likeness (QED) is 0.400. The van der Waals surface area contributed by atoms with Crippen molar-refractivity contribution in [3.8, 4) is 0 Å². The van der Waals surface area contributed by atoms with Crippen molar-refractivity contribution in [3.63, 3.8) is 0 Å². The van der Waals surface area contributed by atoms with E-state index in [9.17, 15) is 0 Å². The molecule has 10 heavy (non-hydrogen) atoms. The van der Waals surface area contributed by atoms with Crippen LogP contribution in [-0.4, -0.2) is 7.85 Å². The van der Waals surface area contributed by atoms with Crippen LogP contribution in [0.5, 0.6) is 0 Å². The topological polar surface area (TPSA) is 0 Å². The highest BCUT2D eigenvalue weighted by molar-refractivity contribution is 6.24. The van der Waals surface area contributed by atoms with Gasteiger partial charge in [0.2, 0.25) is 0 Å². The standard InChI is InChI=1S/C9H13B/c1-4-6-7-8(3)9(10)5-2/h4-7H,1-3H3/b6-4-,8-7-,9-5+. The van der Waals surface area contributed by atoms with Gasteiger partial charge in [0, 0.05) is 0 Å². The first-order valence-electron chi connectivity index (χ1n) is 3.44. The Morgan fingerprint density at radius 3 is 2.30 bits per heavy atom. The molecule has 0 nitrogen and oxygen atoms in total. The summed E-state index contributed by atoms with van der Waals surface area (Å²) in [5, 5.41) is 0. The van der Waals surface area contributed by atoms with Crippen LogP contribution in [-0.2, 0) is 0 Å². The van der Waals surface area contributed by atoms with Crippen molar-refractivity contribution in [1.82, 2.24) is 0 Å². The summed E-state index contributed by atoms with van der Waals surface area (Å²) in [7, 11) is 5.62. The summed E-state index contributed by atoms with van der Waals surface area (Å²) in [6.07, 6.45) is 7.85. The van der Waals surface area contributed by atoms with Gasteiger partial charge in [0.1, 0.15) is 7.85 Å². The zero-order valence-corrected chi connectivity index (χ0v) is 6.89. The normalized spacial score (nSPS) is 14.7. The molecule has 0 heterocycles. The maximum Gasteiger partial charge on any atom is 0.113 e. The van der Waals surface area contributed by atoms with Crippen LogP contribution in [0.1, 0.15) is 20.8 Å². The van der Waals surface area contributed by atoms with E-state index < -0.39 is 0 Å². The van der Waals surface area contributed by atoms with Crippen LogP contribution in [0.2, 0.25) is 0 Å². The monoisotopic (exact) mass is 132 g/mol. The highest BCUT2D eigenvalue weighted by Gasteiger charge is 1.85. The number of hydrogen-bond acceptors (Lipinski definition) is 0. The molecule has 0 aromatic rings. The first kappa shape index (κ1) is 9.28. The molecule has 0 saturated carbocycles. The third kappa shape index (κ3) is 3.34. The largest absolute Gasteiger partial charge is 0.113 e. The molecule has 52 valence electrons. The second-order valence-corrected chi connectivity index (χ2v) is 2.12. The van der Waals surface area contributed by atoms with Crippen LogP contribution >= 0.6 is 0 Å². The molecule has 0 spiro atoms. The molecule has 0 aliphatic heterocycles. The van der Waals surface area contributed by atoms with Crippen molar-refractivity contribution in [2.45, 2.75) is 20.8 Å². The Hall–Kier alpha value is -0.715. The van der Waals surface area contributed by atoms with Crippen molar-refractivity contribution in [3.05, 3.63) is 35.3 Å². The highest BCUT2D eigenvalue weighted by Crippen LogP contribution is 2.03. The van der Waals surface area contributed by atoms with Gasteiger partial charge in [-0.2, -0.15) is 0 Å². The number of rotatable bonds is 2. The van der Waals surface area contributed by atoms with Gasteiger partial charge in [-0.3, -0.25) is 0 Å². The van der Waals surface area contributed by atoms with E-state index >= 15 is 0 Å². The summed E-state index contributed by atoms with van der Waals surface area (Å²) < 4.78 is 0. The molecule has 0 aromatic carbocycles. The molecule has 2 radical (unpaired) electrons. The molecule has 0 aromatic heterocycles. The fourth-order valence-corrected chi connectivity index (χ4v) is 0.564. The highest BCUT2D eigenvalue weighted by atomic mass is 13.9. The molecule has 0 aliphatic rings. The van der Waals surface area contributed by atoms with Crippen LogP contribution < -0.4 is 0 Å². The van der Waals surface area contributed by atoms with E-state index in [1.807, 2.05) is 45.1 Å². The lowest BCUT2D eigenvalue weighted by atomic mass is 9.89. The summed E-state index contributed by atoms with van der Waals surface area (Å²) in [6, 6.07) is 0. The maximum absolute atomic E-state index is 5.62. The van der Waals surface area contributed by atoms with Gasteiger partial charge in [-0.15, -0.1) is 0 Å². The predicted octanol–water partition coefficient (Wildman–Crippen LogP) is 2.58. The predicted molar refractivity (Wildman–Crippen MR) is 48.1 cm³/mol. The van der Waals surface area contributed by atoms with E-state index in [4.69, 9.17) is 7.85 Å². The van der Waals surface area contributed by atoms with Gasteiger partial charge < -0.3 is 0 Å². The van der Waals surface area contributed by atoms with E-state index in [2.05, 4.69) is 0 Å². The van der Waals surface area contributed by atoms with Crippen molar-refractivity contribution in [1.29, 1.82) is 0 Å². The van der Waals surface area contributed by atoms with Gasteiger partial charge in [-0.05, 0) is 20.8 Å². The van der Waals surface area contributed by atoms with Gasteiger partial charge in [-0.25, -0.2) is 0 Å². The van der Waals surface area contributed by atoms with Gasteiger partial charge >= 0.3 is 0 Å². The Morgan fingerprint density at radius 2 is 1.90 bits per heavy atom. The minimum Gasteiger partial charge on any atom is -0.0980 e. The molecule has 0 bridgehead atoms. The Balaban J connectivity index is 4.19. The van der Waals surface area contributed by atoms with E-state index in [0.717, 1.165) is 11.0 Å². The summed E-state index contributed by atoms with van der Waals surface area (Å²) in [4.78, 5) is 0. The van der Waals surface area contributed by atoms with Crippen LogP contribution in [0.4, 0.5) is 0 Å². The molecule has 0 unspecified atom stereocenters. The summed E-state index contributed by atoms with van der Waals surface area (Å²) in [5.41, 5.74) is 1.96. The average molecular weight is 132 g/mol. The fraction of sp³-hybridized carbons (Fsp3) is 0.333. The minimum absolute atomic E-state index is 0.845. The van der Waals surface area contributed by atoms with E-state index in [1.165, 1.54) is 0 Å². The van der Waals surface area contributed by atoms with Crippen LogP contribution in [0.3, 0.4) is 0 Å². The lowest BCUT2D eigenvalue weighted by molar-refractivity contribution is 1.46. The first-order valence-corrected chi connectivity index (χ1v) is 3.44. The Kier molecular flexibility index (Phi) is 4.74. The molecule has 0 aliphatic carbocycles. The van der Waals surface area contributed by atoms with Crippen molar-refractivity contribution in [2.24, 2.45) is 0 Å². The molecule has 0 N–H and O–H groups in total. The van der Waals surface area contributed by atoms with Gasteiger partial charge in [0.15, 0.2) is 0 Å². The molecular weight excluding hydrogens is 119 g/mol. The van der Waals surface area contributed by atoms with Crippen molar-refractivity contribution < 1.29 is 0 Å². The molecule has 0 rings (SSSR count). The number of hydrogen-bond donors (Lipinski definition) is 0. The molecular formula is C9H13B. The van der Waals surface area contributed by atoms with Crippen LogP contribution in [0.25, 0.3) is 0 Å². The Bertz CT molecular complexity index is 173. The first-order chi connectivity index (χ1) is 4.72. The van der Waals surface area contributed by atoms with Crippen molar-refractivity contribution in [2.75, 3.05) is 0 Å². The van der Waals surface area contributed by atoms with Gasteiger partial charge in [0.05, 0.1) is 0 Å². The smallest absolute Gasteiger partial charge is 0.0980 e. The summed E-state index contributed by atoms with van der Waals surface area (Å²) >= 11 is 0. The molecule has 0 saturated heterocycles. The third-order valence-electron chi connectivity index (χ3n) is 1.31. The maximum atomic E-state index is 5.62. The molecule has 0 atom stereocenters. The second-order valence-electron chi connectivity index (χ2n) is 2.12. The third-order valence-corrected chi connectivity index (χ3v) is 1.31. The van der Waals surface area contributed by atoms with E-state index in [-0.39, 0.29) is 0 Å². The van der Waals surface area contributed by atoms with Gasteiger partial charge in [0.25, 0.3) is 0 Å². The van der Waals surface area contributed by atoms with Gasteiger partial charge in [-0.1, -0.05) is 35.3 Å². The molecule has 0 fully saturated rings. The van der Waals surface area contributed by atoms with Crippen LogP contribution in [0.15, 0.2) is 35.3 Å². The van der Waals surface area contributed by atoms with Crippen LogP contribution in [0, 0.1) is 0 Å². The molecule has 0 amide bonds. The van der Waals surface area contributed by atoms with Crippen molar-refractivity contribution >= 4 is 7.85 Å². The zero-order valence-electron chi connectivity index (χ0n) is 6.89. The Morgan fingerprint density at radius 1 is 1.30 bits per heavy atom. The zero-order chi connectivity index (χ0) is 7.98.